The molecule has 2 aromatic rings. The van der Waals surface area contributed by atoms with Crippen LogP contribution in [-0.4, -0.2) is 40.8 Å². The molecule has 162 valence electrons. The van der Waals surface area contributed by atoms with Crippen LogP contribution in [0, 0.1) is 0 Å². The highest BCUT2D eigenvalue weighted by Gasteiger charge is 2.34. The first-order chi connectivity index (χ1) is 14.3. The minimum atomic E-state index is -4.43. The molecular weight excluding hydrogens is 417 g/mol. The molecule has 0 aliphatic heterocycles. The third-order valence-corrected chi connectivity index (χ3v) is 5.32. The molecule has 1 aliphatic carbocycles. The number of aromatic nitrogens is 1. The van der Waals surface area contributed by atoms with Gasteiger partial charge in [0.2, 0.25) is 5.91 Å². The summed E-state index contributed by atoms with van der Waals surface area (Å²) in [4.78, 5) is 30.6. The maximum absolute atomic E-state index is 12.9. The van der Waals surface area contributed by atoms with Gasteiger partial charge in [-0.05, 0) is 37.5 Å². The van der Waals surface area contributed by atoms with Crippen molar-refractivity contribution >= 4 is 34.0 Å². The van der Waals surface area contributed by atoms with E-state index in [0.717, 1.165) is 42.7 Å². The number of nitrogens with zero attached hydrogens (tertiary/aromatic N) is 2. The summed E-state index contributed by atoms with van der Waals surface area (Å²) in [5, 5.41) is 7.52. The van der Waals surface area contributed by atoms with Crippen LogP contribution >= 0.6 is 11.3 Å². The summed E-state index contributed by atoms with van der Waals surface area (Å²) in [6.07, 6.45) is -1.58. The molecule has 0 radical (unpaired) electrons. The van der Waals surface area contributed by atoms with Crippen LogP contribution in [-0.2, 0) is 11.0 Å². The van der Waals surface area contributed by atoms with E-state index in [1.165, 1.54) is 12.1 Å². The van der Waals surface area contributed by atoms with Gasteiger partial charge in [-0.25, -0.2) is 4.98 Å². The molecule has 1 aromatic carbocycles. The predicted octanol–water partition coefficient (Wildman–Crippen LogP) is 4.43. The summed E-state index contributed by atoms with van der Waals surface area (Å²) < 4.78 is 38.6. The quantitative estimate of drug-likeness (QED) is 0.605. The molecule has 1 fully saturated rings. The van der Waals surface area contributed by atoms with E-state index in [2.05, 4.69) is 15.6 Å². The lowest BCUT2D eigenvalue weighted by Crippen LogP contribution is -2.37. The molecule has 30 heavy (non-hydrogen) atoms. The Morgan fingerprint density at radius 2 is 2.07 bits per heavy atom. The molecule has 1 heterocycles. The lowest BCUT2D eigenvalue weighted by molar-refractivity contribution is -0.137. The van der Waals surface area contributed by atoms with Crippen molar-refractivity contribution in [3.63, 3.8) is 0 Å². The number of alkyl halides is 3. The largest absolute Gasteiger partial charge is 0.416 e. The number of nitrogens with one attached hydrogen (secondary N) is 2. The molecule has 1 aromatic heterocycles. The van der Waals surface area contributed by atoms with Crippen molar-refractivity contribution in [3.8, 4) is 0 Å². The summed E-state index contributed by atoms with van der Waals surface area (Å²) in [6, 6.07) is 4.91. The molecular formula is C20H23F3N4O2S. The zero-order valence-corrected chi connectivity index (χ0v) is 17.3. The van der Waals surface area contributed by atoms with Gasteiger partial charge in [-0.2, -0.15) is 13.2 Å². The highest BCUT2D eigenvalue weighted by atomic mass is 32.1. The summed E-state index contributed by atoms with van der Waals surface area (Å²) in [5.74, 6) is -0.366. The Bertz CT molecular complexity index is 896. The Kier molecular flexibility index (Phi) is 6.96. The summed E-state index contributed by atoms with van der Waals surface area (Å²) in [6.45, 7) is 2.88. The topological polar surface area (TPSA) is 74.3 Å². The number of halogens is 3. The van der Waals surface area contributed by atoms with Gasteiger partial charge < -0.3 is 15.5 Å². The van der Waals surface area contributed by atoms with Crippen molar-refractivity contribution in [2.75, 3.05) is 18.4 Å². The number of carbonyl (C=O) groups excluding carboxylic acids is 2. The minimum absolute atomic E-state index is 0.0968. The number of benzene rings is 1. The zero-order valence-electron chi connectivity index (χ0n) is 16.5. The Hall–Kier alpha value is -2.62. The van der Waals surface area contributed by atoms with E-state index in [-0.39, 0.29) is 35.7 Å². The minimum Gasteiger partial charge on any atom is -0.356 e. The van der Waals surface area contributed by atoms with Crippen LogP contribution in [0.15, 0.2) is 29.6 Å². The highest BCUT2D eigenvalue weighted by Crippen LogP contribution is 2.32. The fraction of sp³-hybridized carbons (Fsp3) is 0.450. The van der Waals surface area contributed by atoms with E-state index >= 15 is 0 Å². The summed E-state index contributed by atoms with van der Waals surface area (Å²) >= 11 is 1.14. The van der Waals surface area contributed by atoms with Crippen molar-refractivity contribution in [3.05, 3.63) is 40.9 Å². The van der Waals surface area contributed by atoms with Crippen molar-refractivity contribution in [2.45, 2.75) is 44.8 Å². The average Bonchev–Trinajstić information content (AvgIpc) is 3.44. The number of amides is 2. The van der Waals surface area contributed by atoms with E-state index in [1.54, 1.807) is 10.3 Å². The van der Waals surface area contributed by atoms with Gasteiger partial charge in [0.15, 0.2) is 5.13 Å². The van der Waals surface area contributed by atoms with Crippen LogP contribution in [0.3, 0.4) is 0 Å². The van der Waals surface area contributed by atoms with E-state index < -0.39 is 11.7 Å². The zero-order chi connectivity index (χ0) is 21.7. The number of carbonyl (C=O) groups is 2. The monoisotopic (exact) mass is 440 g/mol. The second-order valence-electron chi connectivity index (χ2n) is 7.07. The number of thiazole rings is 1. The normalized spacial score (nSPS) is 13.7. The van der Waals surface area contributed by atoms with Crippen molar-refractivity contribution in [1.29, 1.82) is 0 Å². The van der Waals surface area contributed by atoms with Crippen LogP contribution in [0.4, 0.5) is 24.0 Å². The van der Waals surface area contributed by atoms with E-state index in [0.29, 0.717) is 18.2 Å². The first-order valence-corrected chi connectivity index (χ1v) is 10.6. The molecule has 0 spiro atoms. The van der Waals surface area contributed by atoms with Crippen molar-refractivity contribution in [1.82, 2.24) is 15.2 Å². The van der Waals surface area contributed by atoms with Gasteiger partial charge in [-0.15, -0.1) is 11.3 Å². The Labute approximate surface area is 176 Å². The van der Waals surface area contributed by atoms with Crippen LogP contribution in [0.2, 0.25) is 0 Å². The maximum atomic E-state index is 12.9. The molecule has 0 atom stereocenters. The highest BCUT2D eigenvalue weighted by molar-refractivity contribution is 7.14. The number of hydrogen-bond donors (Lipinski definition) is 2. The molecule has 2 amide bonds. The predicted molar refractivity (Wildman–Crippen MR) is 109 cm³/mol. The maximum Gasteiger partial charge on any atom is 0.416 e. The molecule has 1 saturated carbocycles. The first kappa shape index (κ1) is 22.1. The van der Waals surface area contributed by atoms with Crippen LogP contribution in [0.25, 0.3) is 0 Å². The van der Waals surface area contributed by atoms with Gasteiger partial charge in [0.1, 0.15) is 5.69 Å². The number of hydrogen-bond acceptors (Lipinski definition) is 5. The number of anilines is 2. The second kappa shape index (κ2) is 9.46. The van der Waals surface area contributed by atoms with Gasteiger partial charge in [0.25, 0.3) is 5.91 Å². The van der Waals surface area contributed by atoms with Crippen molar-refractivity contribution in [2.24, 2.45) is 0 Å². The fourth-order valence-electron chi connectivity index (χ4n) is 2.88. The molecule has 0 bridgehead atoms. The van der Waals surface area contributed by atoms with Gasteiger partial charge in [0, 0.05) is 36.6 Å². The standard InChI is InChI=1S/C20H23F3N4O2S/c1-2-9-24-17(28)8-10-27(15-6-7-15)18(29)16-12-30-19(26-16)25-14-5-3-4-13(11-14)20(21,22)23/h3-5,11-12,15H,2,6-10H2,1H3,(H,24,28)(H,25,26). The lowest BCUT2D eigenvalue weighted by Gasteiger charge is -2.21. The number of rotatable bonds is 9. The smallest absolute Gasteiger partial charge is 0.356 e. The molecule has 6 nitrogen and oxygen atoms in total. The van der Waals surface area contributed by atoms with E-state index in [4.69, 9.17) is 0 Å². The molecule has 2 N–H and O–H groups in total. The second-order valence-corrected chi connectivity index (χ2v) is 7.93. The fourth-order valence-corrected chi connectivity index (χ4v) is 3.59. The van der Waals surface area contributed by atoms with Crippen molar-refractivity contribution < 1.29 is 22.8 Å². The molecule has 1 aliphatic rings. The van der Waals surface area contributed by atoms with Crippen LogP contribution in [0.5, 0.6) is 0 Å². The van der Waals surface area contributed by atoms with E-state index in [9.17, 15) is 22.8 Å². The van der Waals surface area contributed by atoms with Gasteiger partial charge in [0.05, 0.1) is 5.56 Å². The van der Waals surface area contributed by atoms with Gasteiger partial charge in [-0.1, -0.05) is 13.0 Å². The Balaban J connectivity index is 1.64. The third kappa shape index (κ3) is 5.94. The van der Waals surface area contributed by atoms with Gasteiger partial charge in [-0.3, -0.25) is 9.59 Å². The average molecular weight is 440 g/mol. The lowest BCUT2D eigenvalue weighted by atomic mass is 10.2. The van der Waals surface area contributed by atoms with E-state index in [1.807, 2.05) is 6.92 Å². The first-order valence-electron chi connectivity index (χ1n) is 9.75. The molecule has 10 heteroatoms. The molecule has 0 unspecified atom stereocenters. The summed E-state index contributed by atoms with van der Waals surface area (Å²) in [5.41, 5.74) is -0.304. The Morgan fingerprint density at radius 3 is 2.73 bits per heavy atom. The molecule has 3 rings (SSSR count). The van der Waals surface area contributed by atoms with Crippen LogP contribution < -0.4 is 10.6 Å². The summed E-state index contributed by atoms with van der Waals surface area (Å²) in [7, 11) is 0. The Morgan fingerprint density at radius 1 is 1.30 bits per heavy atom. The molecule has 0 saturated heterocycles. The third-order valence-electron chi connectivity index (χ3n) is 4.56. The SMILES string of the molecule is CCCNC(=O)CCN(C(=O)c1csc(Nc2cccc(C(F)(F)F)c2)n1)C1CC1. The van der Waals surface area contributed by atoms with Crippen LogP contribution in [0.1, 0.15) is 48.7 Å². The van der Waals surface area contributed by atoms with Gasteiger partial charge >= 0.3 is 6.18 Å².